The number of ether oxygens (including phenoxy) is 1. The summed E-state index contributed by atoms with van der Waals surface area (Å²) in [7, 11) is 1.60. The molecule has 4 nitrogen and oxygen atoms in total. The van der Waals surface area contributed by atoms with Crippen LogP contribution in [0.5, 0.6) is 0 Å². The van der Waals surface area contributed by atoms with Gasteiger partial charge in [0.25, 0.3) is 5.91 Å². The van der Waals surface area contributed by atoms with Gasteiger partial charge >= 0.3 is 0 Å². The molecule has 0 unspecified atom stereocenters. The van der Waals surface area contributed by atoms with E-state index in [1.165, 1.54) is 11.3 Å². The van der Waals surface area contributed by atoms with Crippen molar-refractivity contribution in [2.75, 3.05) is 13.7 Å². The Bertz CT molecular complexity index is 528. The van der Waals surface area contributed by atoms with Gasteiger partial charge in [-0.15, -0.1) is 11.3 Å². The van der Waals surface area contributed by atoms with Gasteiger partial charge in [-0.05, 0) is 17.7 Å². The molecule has 1 atom stereocenters. The molecular formula is C13H13ClN2O2S. The molecule has 0 aliphatic rings. The van der Waals surface area contributed by atoms with Gasteiger partial charge in [0.2, 0.25) is 0 Å². The third kappa shape index (κ3) is 3.76. The maximum Gasteiger partial charge on any atom is 0.271 e. The van der Waals surface area contributed by atoms with Crippen LogP contribution in [0.1, 0.15) is 22.1 Å². The van der Waals surface area contributed by atoms with Gasteiger partial charge in [0.1, 0.15) is 5.69 Å². The minimum absolute atomic E-state index is 0.210. The highest BCUT2D eigenvalue weighted by Crippen LogP contribution is 2.17. The average Bonchev–Trinajstić information content (AvgIpc) is 2.93. The lowest BCUT2D eigenvalue weighted by molar-refractivity contribution is 0.0892. The van der Waals surface area contributed by atoms with Crippen molar-refractivity contribution >= 4 is 28.8 Å². The highest BCUT2D eigenvalue weighted by atomic mass is 35.5. The molecule has 2 rings (SSSR count). The predicted octanol–water partition coefficient (Wildman–Crippen LogP) is 2.91. The number of hydrogen-bond acceptors (Lipinski definition) is 4. The number of amides is 1. The van der Waals surface area contributed by atoms with Crippen molar-refractivity contribution < 1.29 is 9.53 Å². The molecule has 1 heterocycles. The molecule has 1 amide bonds. The molecule has 0 saturated heterocycles. The zero-order chi connectivity index (χ0) is 13.7. The summed E-state index contributed by atoms with van der Waals surface area (Å²) in [6.45, 7) is 0.386. The van der Waals surface area contributed by atoms with E-state index in [4.69, 9.17) is 16.3 Å². The Balaban J connectivity index is 2.12. The van der Waals surface area contributed by atoms with E-state index in [-0.39, 0.29) is 11.9 Å². The summed E-state index contributed by atoms with van der Waals surface area (Å²) >= 11 is 7.24. The first-order valence-corrected chi connectivity index (χ1v) is 6.96. The van der Waals surface area contributed by atoms with Crippen LogP contribution in [0, 0.1) is 0 Å². The van der Waals surface area contributed by atoms with Crippen LogP contribution in [-0.4, -0.2) is 24.6 Å². The Hall–Kier alpha value is -1.43. The van der Waals surface area contributed by atoms with E-state index in [0.717, 1.165) is 5.56 Å². The maximum absolute atomic E-state index is 12.0. The van der Waals surface area contributed by atoms with E-state index in [0.29, 0.717) is 17.3 Å². The minimum atomic E-state index is -0.225. The standard InChI is InChI=1S/C13H13ClN2O2S/c1-18-6-11(9-2-4-10(14)5-3-9)16-13(17)12-7-19-8-15-12/h2-5,7-8,11H,6H2,1H3,(H,16,17)/t11-/m0/s1. The normalized spacial score (nSPS) is 12.1. The molecule has 0 aliphatic heterocycles. The largest absolute Gasteiger partial charge is 0.382 e. The number of carbonyl (C=O) groups is 1. The highest BCUT2D eigenvalue weighted by molar-refractivity contribution is 7.07. The van der Waals surface area contributed by atoms with Gasteiger partial charge in [-0.2, -0.15) is 0 Å². The van der Waals surface area contributed by atoms with Crippen LogP contribution in [0.15, 0.2) is 35.2 Å². The Morgan fingerprint density at radius 2 is 2.21 bits per heavy atom. The molecule has 0 saturated carbocycles. The summed E-state index contributed by atoms with van der Waals surface area (Å²) in [5, 5.41) is 5.26. The number of nitrogens with zero attached hydrogens (tertiary/aromatic N) is 1. The van der Waals surface area contributed by atoms with E-state index < -0.39 is 0 Å². The van der Waals surface area contributed by atoms with Crippen LogP contribution in [0.25, 0.3) is 0 Å². The first kappa shape index (κ1) is 14.0. The van der Waals surface area contributed by atoms with Crippen LogP contribution in [-0.2, 0) is 4.74 Å². The van der Waals surface area contributed by atoms with E-state index in [2.05, 4.69) is 10.3 Å². The zero-order valence-electron chi connectivity index (χ0n) is 10.3. The lowest BCUT2D eigenvalue weighted by Crippen LogP contribution is -2.31. The van der Waals surface area contributed by atoms with Crippen molar-refractivity contribution in [2.24, 2.45) is 0 Å². The van der Waals surface area contributed by atoms with Crippen LogP contribution in [0.4, 0.5) is 0 Å². The smallest absolute Gasteiger partial charge is 0.271 e. The SMILES string of the molecule is COC[C@H](NC(=O)c1cscn1)c1ccc(Cl)cc1. The van der Waals surface area contributed by atoms with E-state index in [1.54, 1.807) is 30.1 Å². The number of rotatable bonds is 5. The number of hydrogen-bond donors (Lipinski definition) is 1. The summed E-state index contributed by atoms with van der Waals surface area (Å²) in [4.78, 5) is 16.0. The number of benzene rings is 1. The lowest BCUT2D eigenvalue weighted by atomic mass is 10.1. The van der Waals surface area contributed by atoms with Crippen molar-refractivity contribution in [3.05, 3.63) is 51.4 Å². The van der Waals surface area contributed by atoms with Gasteiger partial charge in [-0.3, -0.25) is 4.79 Å². The second kappa shape index (κ2) is 6.65. The monoisotopic (exact) mass is 296 g/mol. The number of methoxy groups -OCH3 is 1. The molecule has 2 aromatic rings. The number of nitrogens with one attached hydrogen (secondary N) is 1. The number of carbonyl (C=O) groups excluding carboxylic acids is 1. The van der Waals surface area contributed by atoms with Gasteiger partial charge in [0, 0.05) is 17.5 Å². The molecule has 1 aromatic carbocycles. The Labute approximate surface area is 120 Å². The summed E-state index contributed by atoms with van der Waals surface area (Å²) in [6.07, 6.45) is 0. The molecule has 1 aromatic heterocycles. The molecule has 6 heteroatoms. The second-order valence-electron chi connectivity index (χ2n) is 3.91. The molecular weight excluding hydrogens is 284 g/mol. The van der Waals surface area contributed by atoms with Gasteiger partial charge < -0.3 is 10.1 Å². The zero-order valence-corrected chi connectivity index (χ0v) is 11.9. The van der Waals surface area contributed by atoms with Crippen LogP contribution in [0.3, 0.4) is 0 Å². The van der Waals surface area contributed by atoms with E-state index in [9.17, 15) is 4.79 Å². The average molecular weight is 297 g/mol. The highest BCUT2D eigenvalue weighted by Gasteiger charge is 2.16. The third-order valence-electron chi connectivity index (χ3n) is 2.58. The van der Waals surface area contributed by atoms with Crippen molar-refractivity contribution in [2.45, 2.75) is 6.04 Å². The molecule has 1 N–H and O–H groups in total. The van der Waals surface area contributed by atoms with Gasteiger partial charge in [0.15, 0.2) is 0 Å². The Morgan fingerprint density at radius 3 is 2.79 bits per heavy atom. The molecule has 0 aliphatic carbocycles. The number of aromatic nitrogens is 1. The number of thiazole rings is 1. The second-order valence-corrected chi connectivity index (χ2v) is 5.06. The minimum Gasteiger partial charge on any atom is -0.382 e. The fraction of sp³-hybridized carbons (Fsp3) is 0.231. The predicted molar refractivity (Wildman–Crippen MR) is 75.6 cm³/mol. The Morgan fingerprint density at radius 1 is 1.47 bits per heavy atom. The fourth-order valence-electron chi connectivity index (χ4n) is 1.64. The van der Waals surface area contributed by atoms with E-state index >= 15 is 0 Å². The van der Waals surface area contributed by atoms with Gasteiger partial charge in [0.05, 0.1) is 18.2 Å². The van der Waals surface area contributed by atoms with Gasteiger partial charge in [-0.25, -0.2) is 4.98 Å². The van der Waals surface area contributed by atoms with Crippen molar-refractivity contribution in [1.82, 2.24) is 10.3 Å². The molecule has 0 radical (unpaired) electrons. The lowest BCUT2D eigenvalue weighted by Gasteiger charge is -2.17. The maximum atomic E-state index is 12.0. The van der Waals surface area contributed by atoms with E-state index in [1.807, 2.05) is 12.1 Å². The Kier molecular flexibility index (Phi) is 4.90. The molecule has 0 bridgehead atoms. The first-order valence-electron chi connectivity index (χ1n) is 5.64. The summed E-state index contributed by atoms with van der Waals surface area (Å²) in [6, 6.07) is 7.08. The topological polar surface area (TPSA) is 51.2 Å². The molecule has 100 valence electrons. The summed E-state index contributed by atoms with van der Waals surface area (Å²) < 4.78 is 5.14. The quantitative estimate of drug-likeness (QED) is 0.923. The van der Waals surface area contributed by atoms with Crippen molar-refractivity contribution in [1.29, 1.82) is 0 Å². The molecule has 0 spiro atoms. The van der Waals surface area contributed by atoms with Crippen LogP contribution < -0.4 is 5.32 Å². The van der Waals surface area contributed by atoms with Gasteiger partial charge in [-0.1, -0.05) is 23.7 Å². The summed E-state index contributed by atoms with van der Waals surface area (Å²) in [5.41, 5.74) is 2.98. The van der Waals surface area contributed by atoms with Crippen LogP contribution >= 0.6 is 22.9 Å². The number of halogens is 1. The first-order chi connectivity index (χ1) is 9.20. The van der Waals surface area contributed by atoms with Crippen molar-refractivity contribution in [3.8, 4) is 0 Å². The van der Waals surface area contributed by atoms with Crippen LogP contribution in [0.2, 0.25) is 5.02 Å². The molecule has 19 heavy (non-hydrogen) atoms. The third-order valence-corrected chi connectivity index (χ3v) is 3.41. The molecule has 0 fully saturated rings. The fourth-order valence-corrected chi connectivity index (χ4v) is 2.30. The summed E-state index contributed by atoms with van der Waals surface area (Å²) in [5.74, 6) is -0.210. The van der Waals surface area contributed by atoms with Crippen molar-refractivity contribution in [3.63, 3.8) is 0 Å².